The van der Waals surface area contributed by atoms with Crippen molar-refractivity contribution in [2.75, 3.05) is 18.6 Å². The normalized spacial score (nSPS) is 17.2. The first-order valence-electron chi connectivity index (χ1n) is 8.49. The third-order valence-electron chi connectivity index (χ3n) is 4.53. The van der Waals surface area contributed by atoms with Gasteiger partial charge in [0.2, 0.25) is 5.91 Å². The molecule has 2 aromatic rings. The molecule has 0 saturated carbocycles. The highest BCUT2D eigenvalue weighted by atomic mass is 16.5. The van der Waals surface area contributed by atoms with Gasteiger partial charge in [-0.15, -0.1) is 0 Å². The molecule has 0 aliphatic carbocycles. The van der Waals surface area contributed by atoms with E-state index in [0.717, 1.165) is 29.8 Å². The first-order chi connectivity index (χ1) is 12.1. The van der Waals surface area contributed by atoms with E-state index in [9.17, 15) is 9.59 Å². The van der Waals surface area contributed by atoms with Gasteiger partial charge >= 0.3 is 0 Å². The van der Waals surface area contributed by atoms with E-state index in [-0.39, 0.29) is 24.3 Å². The number of hydrogen-bond donors (Lipinski definition) is 1. The zero-order valence-corrected chi connectivity index (χ0v) is 14.6. The van der Waals surface area contributed by atoms with Gasteiger partial charge in [-0.3, -0.25) is 9.59 Å². The van der Waals surface area contributed by atoms with Crippen LogP contribution in [-0.2, 0) is 16.0 Å². The maximum absolute atomic E-state index is 12.6. The topological polar surface area (TPSA) is 63.2 Å². The van der Waals surface area contributed by atoms with Crippen molar-refractivity contribution in [2.45, 2.75) is 25.8 Å². The van der Waals surface area contributed by atoms with Crippen molar-refractivity contribution in [3.8, 4) is 5.75 Å². The number of para-hydroxylation sites is 1. The summed E-state index contributed by atoms with van der Waals surface area (Å²) in [6.07, 6.45) is 1.03. The minimum Gasteiger partial charge on any atom is -0.496 e. The lowest BCUT2D eigenvalue weighted by Crippen LogP contribution is -2.92. The van der Waals surface area contributed by atoms with Crippen LogP contribution in [0.5, 0.6) is 5.75 Å². The predicted octanol–water partition coefficient (Wildman–Crippen LogP) is 1.44. The summed E-state index contributed by atoms with van der Waals surface area (Å²) in [5.74, 6) is 0.590. The van der Waals surface area contributed by atoms with E-state index >= 15 is 0 Å². The molecule has 1 heterocycles. The summed E-state index contributed by atoms with van der Waals surface area (Å²) in [4.78, 5) is 26.2. The summed E-state index contributed by atoms with van der Waals surface area (Å²) >= 11 is 0. The van der Waals surface area contributed by atoms with Gasteiger partial charge in [0, 0.05) is 6.42 Å². The Morgan fingerprint density at radius 2 is 1.84 bits per heavy atom. The minimum atomic E-state index is -0.344. The highest BCUT2D eigenvalue weighted by Crippen LogP contribution is 2.22. The van der Waals surface area contributed by atoms with Crippen LogP contribution in [0, 0.1) is 6.92 Å². The third kappa shape index (κ3) is 3.72. The molecule has 1 aliphatic heterocycles. The molecule has 2 amide bonds. The largest absolute Gasteiger partial charge is 0.496 e. The van der Waals surface area contributed by atoms with Crippen LogP contribution >= 0.6 is 0 Å². The first kappa shape index (κ1) is 17.2. The van der Waals surface area contributed by atoms with Crippen LogP contribution in [0.1, 0.15) is 17.5 Å². The fourth-order valence-electron chi connectivity index (χ4n) is 3.15. The Kier molecular flexibility index (Phi) is 5.14. The predicted molar refractivity (Wildman–Crippen MR) is 95.6 cm³/mol. The average Bonchev–Trinajstić information content (AvgIpc) is 2.90. The quantitative estimate of drug-likeness (QED) is 0.810. The highest BCUT2D eigenvalue weighted by molar-refractivity contribution is 6.21. The molecule has 1 fully saturated rings. The van der Waals surface area contributed by atoms with Crippen molar-refractivity contribution in [2.24, 2.45) is 0 Å². The number of quaternary nitrogens is 1. The van der Waals surface area contributed by atoms with Gasteiger partial charge in [-0.1, -0.05) is 35.9 Å². The summed E-state index contributed by atoms with van der Waals surface area (Å²) < 4.78 is 5.35. The second kappa shape index (κ2) is 7.49. The van der Waals surface area contributed by atoms with E-state index in [2.05, 4.69) is 0 Å². The summed E-state index contributed by atoms with van der Waals surface area (Å²) in [6, 6.07) is 15.0. The number of carbonyl (C=O) groups excluding carboxylic acids is 2. The van der Waals surface area contributed by atoms with Crippen LogP contribution in [0.15, 0.2) is 48.5 Å². The summed E-state index contributed by atoms with van der Waals surface area (Å²) in [7, 11) is 1.65. The monoisotopic (exact) mass is 339 g/mol. The number of methoxy groups -OCH3 is 1. The molecular weight excluding hydrogens is 316 g/mol. The van der Waals surface area contributed by atoms with Crippen LogP contribution in [-0.4, -0.2) is 31.5 Å². The number of hydrogen-bond acceptors (Lipinski definition) is 3. The molecule has 1 aliphatic rings. The van der Waals surface area contributed by atoms with E-state index in [1.165, 1.54) is 4.90 Å². The molecule has 2 N–H and O–H groups in total. The molecule has 130 valence electrons. The Morgan fingerprint density at radius 3 is 2.56 bits per heavy atom. The molecule has 1 saturated heterocycles. The van der Waals surface area contributed by atoms with E-state index < -0.39 is 0 Å². The number of nitrogens with zero attached hydrogens (tertiary/aromatic N) is 1. The zero-order chi connectivity index (χ0) is 17.8. The van der Waals surface area contributed by atoms with E-state index in [0.29, 0.717) is 5.69 Å². The van der Waals surface area contributed by atoms with Gasteiger partial charge in [0.1, 0.15) is 5.75 Å². The van der Waals surface area contributed by atoms with Crippen LogP contribution in [0.3, 0.4) is 0 Å². The molecule has 0 unspecified atom stereocenters. The van der Waals surface area contributed by atoms with Crippen molar-refractivity contribution >= 4 is 17.5 Å². The van der Waals surface area contributed by atoms with Crippen LogP contribution in [0.4, 0.5) is 5.69 Å². The average molecular weight is 339 g/mol. The number of carbonyl (C=O) groups is 2. The fraction of sp³-hybridized carbons (Fsp3) is 0.300. The minimum absolute atomic E-state index is 0.131. The SMILES string of the molecule is COc1ccccc1CC[NH2+][C@H]1CC(=O)N(c2ccc(C)cc2)C1=O. The summed E-state index contributed by atoms with van der Waals surface area (Å²) in [5.41, 5.74) is 2.86. The first-order valence-corrected chi connectivity index (χ1v) is 8.49. The molecule has 0 bridgehead atoms. The van der Waals surface area contributed by atoms with Gasteiger partial charge in [0.05, 0.1) is 25.8 Å². The van der Waals surface area contributed by atoms with E-state index in [4.69, 9.17) is 4.74 Å². The standard InChI is InChI=1S/C20H22N2O3/c1-14-7-9-16(10-8-14)22-19(23)13-17(20(22)24)21-12-11-15-5-3-4-6-18(15)25-2/h3-10,17,21H,11-13H2,1-2H3/p+1/t17-/m0/s1. The number of ether oxygens (including phenoxy) is 1. The van der Waals surface area contributed by atoms with Crippen molar-refractivity contribution in [1.29, 1.82) is 0 Å². The number of amides is 2. The Balaban J connectivity index is 1.62. The van der Waals surface area contributed by atoms with Crippen LogP contribution < -0.4 is 15.0 Å². The molecule has 25 heavy (non-hydrogen) atoms. The van der Waals surface area contributed by atoms with Crippen molar-refractivity contribution in [1.82, 2.24) is 0 Å². The smallest absolute Gasteiger partial charge is 0.292 e. The molecule has 0 spiro atoms. The molecule has 2 aromatic carbocycles. The maximum Gasteiger partial charge on any atom is 0.292 e. The molecule has 3 rings (SSSR count). The van der Waals surface area contributed by atoms with Crippen molar-refractivity contribution < 1.29 is 19.6 Å². The number of rotatable bonds is 6. The van der Waals surface area contributed by atoms with Gasteiger partial charge < -0.3 is 10.1 Å². The number of benzene rings is 2. The lowest BCUT2D eigenvalue weighted by Gasteiger charge is -2.14. The lowest BCUT2D eigenvalue weighted by atomic mass is 10.1. The number of anilines is 1. The van der Waals surface area contributed by atoms with Gasteiger partial charge in [-0.05, 0) is 30.7 Å². The zero-order valence-electron chi connectivity index (χ0n) is 14.6. The van der Waals surface area contributed by atoms with Crippen molar-refractivity contribution in [3.63, 3.8) is 0 Å². The Hall–Kier alpha value is -2.66. The van der Waals surface area contributed by atoms with E-state index in [1.807, 2.05) is 60.8 Å². The van der Waals surface area contributed by atoms with Crippen molar-refractivity contribution in [3.05, 3.63) is 59.7 Å². The van der Waals surface area contributed by atoms with Crippen LogP contribution in [0.2, 0.25) is 0 Å². The third-order valence-corrected chi connectivity index (χ3v) is 4.53. The Labute approximate surface area is 147 Å². The van der Waals surface area contributed by atoms with E-state index in [1.54, 1.807) is 7.11 Å². The molecule has 0 aromatic heterocycles. The number of imide groups is 1. The summed E-state index contributed by atoms with van der Waals surface area (Å²) in [5, 5.41) is 1.96. The molecule has 5 nitrogen and oxygen atoms in total. The van der Waals surface area contributed by atoms with Crippen LogP contribution in [0.25, 0.3) is 0 Å². The van der Waals surface area contributed by atoms with Gasteiger partial charge in [0.25, 0.3) is 5.91 Å². The highest BCUT2D eigenvalue weighted by Gasteiger charge is 2.41. The fourth-order valence-corrected chi connectivity index (χ4v) is 3.15. The Morgan fingerprint density at radius 1 is 1.12 bits per heavy atom. The Bertz CT molecular complexity index is 771. The molecule has 5 heteroatoms. The van der Waals surface area contributed by atoms with Gasteiger partial charge in [-0.25, -0.2) is 4.90 Å². The number of aryl methyl sites for hydroxylation is 1. The maximum atomic E-state index is 12.6. The molecule has 1 atom stereocenters. The second-order valence-corrected chi connectivity index (χ2v) is 6.30. The van der Waals surface area contributed by atoms with Gasteiger partial charge in [0.15, 0.2) is 6.04 Å². The lowest BCUT2D eigenvalue weighted by molar-refractivity contribution is -0.674. The molecular formula is C20H23N2O3+. The second-order valence-electron chi connectivity index (χ2n) is 6.30. The number of nitrogens with two attached hydrogens (primary N) is 1. The summed E-state index contributed by atoms with van der Waals surface area (Å²) in [6.45, 7) is 2.71. The molecule has 0 radical (unpaired) electrons. The van der Waals surface area contributed by atoms with Gasteiger partial charge in [-0.2, -0.15) is 0 Å².